The largest absolute Gasteiger partial charge is 0.260 e. The molecule has 0 saturated heterocycles. The zero-order valence-electron chi connectivity index (χ0n) is 5.21. The molecule has 1 aromatic carbocycles. The number of fused-ring (bicyclic) bond motifs is 1. The van der Waals surface area contributed by atoms with Crippen LogP contribution < -0.4 is 10.7 Å². The molecule has 0 unspecified atom stereocenters. The normalized spacial score (nSPS) is 13.7. The van der Waals surface area contributed by atoms with Crippen LogP contribution in [0.25, 0.3) is 0 Å². The molecule has 2 rings (SSSR count). The molecule has 10 heavy (non-hydrogen) atoms. The second-order valence-corrected chi connectivity index (χ2v) is 3.34. The van der Waals surface area contributed by atoms with Crippen molar-refractivity contribution in [2.75, 3.05) is 6.67 Å². The lowest BCUT2D eigenvalue weighted by Gasteiger charge is -1.83. The van der Waals surface area contributed by atoms with Crippen LogP contribution >= 0.6 is 22.6 Å². The molecule has 0 N–H and O–H groups in total. The summed E-state index contributed by atoms with van der Waals surface area (Å²) < 4.78 is 1.22. The number of halogens is 1. The monoisotopic (exact) mass is 244 g/mol. The maximum absolute atomic E-state index is 4.19. The van der Waals surface area contributed by atoms with Crippen molar-refractivity contribution in [3.63, 3.8) is 0 Å². The number of hydrogen-bond donors (Lipinski definition) is 0. The third-order valence-electron chi connectivity index (χ3n) is 1.42. The van der Waals surface area contributed by atoms with Crippen LogP contribution in [0.15, 0.2) is 28.2 Å². The third-order valence-corrected chi connectivity index (χ3v) is 2.09. The summed E-state index contributed by atoms with van der Waals surface area (Å²) in [6.45, 7) is 0.607. The zero-order valence-corrected chi connectivity index (χ0v) is 7.37. The van der Waals surface area contributed by atoms with Gasteiger partial charge in [-0.2, -0.15) is 0 Å². The maximum Gasteiger partial charge on any atom is 0.130 e. The van der Waals surface area contributed by atoms with Gasteiger partial charge in [-0.05, 0) is 40.8 Å². The molecule has 1 aliphatic heterocycles. The molecule has 1 aliphatic rings. The molecular formula is C7H5IN2. The van der Waals surface area contributed by atoms with Crippen LogP contribution in [-0.4, -0.2) is 6.67 Å². The van der Waals surface area contributed by atoms with Crippen LogP contribution in [0.4, 0.5) is 0 Å². The average Bonchev–Trinajstić information content (AvgIpc) is 2.33. The Labute approximate surface area is 71.8 Å². The van der Waals surface area contributed by atoms with Gasteiger partial charge in [0.05, 0.1) is 10.7 Å². The minimum absolute atomic E-state index is 0.607. The molecule has 1 aromatic rings. The van der Waals surface area contributed by atoms with Gasteiger partial charge in [-0.1, -0.05) is 0 Å². The van der Waals surface area contributed by atoms with Crippen molar-refractivity contribution in [3.05, 3.63) is 32.5 Å². The zero-order chi connectivity index (χ0) is 6.97. The third kappa shape index (κ3) is 0.941. The van der Waals surface area contributed by atoms with Crippen molar-refractivity contribution in [2.45, 2.75) is 0 Å². The molecule has 50 valence electrons. The first kappa shape index (κ1) is 6.27. The first-order valence-corrected chi connectivity index (χ1v) is 4.09. The Kier molecular flexibility index (Phi) is 1.44. The van der Waals surface area contributed by atoms with E-state index in [-0.39, 0.29) is 0 Å². The lowest BCUT2D eigenvalue weighted by Crippen LogP contribution is -2.20. The van der Waals surface area contributed by atoms with Crippen LogP contribution in [0, 0.1) is 3.57 Å². The highest BCUT2D eigenvalue weighted by atomic mass is 127. The molecule has 0 saturated carbocycles. The van der Waals surface area contributed by atoms with Crippen LogP contribution in [0.2, 0.25) is 0 Å². The van der Waals surface area contributed by atoms with E-state index < -0.39 is 0 Å². The maximum atomic E-state index is 4.19. The van der Waals surface area contributed by atoms with Gasteiger partial charge in [-0.3, -0.25) is 9.98 Å². The summed E-state index contributed by atoms with van der Waals surface area (Å²) in [5.41, 5.74) is 0. The van der Waals surface area contributed by atoms with Gasteiger partial charge in [0, 0.05) is 3.57 Å². The number of hydrogen-bond acceptors (Lipinski definition) is 2. The molecule has 1 heterocycles. The molecule has 3 heteroatoms. The molecular weight excluding hydrogens is 239 g/mol. The highest BCUT2D eigenvalue weighted by Gasteiger charge is 1.94. The van der Waals surface area contributed by atoms with Gasteiger partial charge >= 0.3 is 0 Å². The van der Waals surface area contributed by atoms with E-state index in [0.29, 0.717) is 6.67 Å². The summed E-state index contributed by atoms with van der Waals surface area (Å²) in [6, 6.07) is 6.10. The van der Waals surface area contributed by atoms with Crippen LogP contribution in [0.3, 0.4) is 0 Å². The summed E-state index contributed by atoms with van der Waals surface area (Å²) in [6.07, 6.45) is 0. The van der Waals surface area contributed by atoms with Gasteiger partial charge in [0.2, 0.25) is 0 Å². The summed E-state index contributed by atoms with van der Waals surface area (Å²) in [5, 5.41) is 2.06. The Morgan fingerprint density at radius 2 is 2.00 bits per heavy atom. The molecule has 0 amide bonds. The van der Waals surface area contributed by atoms with E-state index in [4.69, 9.17) is 0 Å². The SMILES string of the molecule is Ic1ccc2c(c1)=NCN=2. The number of nitrogens with zero attached hydrogens (tertiary/aromatic N) is 2. The average molecular weight is 244 g/mol. The Morgan fingerprint density at radius 3 is 2.90 bits per heavy atom. The fraction of sp³-hybridized carbons (Fsp3) is 0.143. The van der Waals surface area contributed by atoms with Crippen molar-refractivity contribution in [2.24, 2.45) is 9.98 Å². The van der Waals surface area contributed by atoms with E-state index in [1.165, 1.54) is 3.57 Å². The minimum Gasteiger partial charge on any atom is -0.260 e. The van der Waals surface area contributed by atoms with E-state index in [0.717, 1.165) is 10.7 Å². The Hall–Kier alpha value is -0.450. The van der Waals surface area contributed by atoms with Gasteiger partial charge in [-0.15, -0.1) is 0 Å². The summed E-state index contributed by atoms with van der Waals surface area (Å²) in [4.78, 5) is 8.36. The molecule has 0 bridgehead atoms. The predicted octanol–water partition coefficient (Wildman–Crippen LogP) is 0.502. The summed E-state index contributed by atoms with van der Waals surface area (Å²) in [5.74, 6) is 0. The first-order valence-electron chi connectivity index (χ1n) is 3.01. The van der Waals surface area contributed by atoms with Gasteiger partial charge in [0.25, 0.3) is 0 Å². The molecule has 2 nitrogen and oxygen atoms in total. The fourth-order valence-corrected chi connectivity index (χ4v) is 1.42. The Bertz CT molecular complexity index is 370. The van der Waals surface area contributed by atoms with Crippen LogP contribution in [0.1, 0.15) is 0 Å². The van der Waals surface area contributed by atoms with E-state index in [1.807, 2.05) is 18.2 Å². The highest BCUT2D eigenvalue weighted by Crippen LogP contribution is 1.96. The summed E-state index contributed by atoms with van der Waals surface area (Å²) >= 11 is 2.27. The van der Waals surface area contributed by atoms with Crippen LogP contribution in [-0.2, 0) is 0 Å². The Balaban J connectivity index is 2.88. The Morgan fingerprint density at radius 1 is 1.20 bits per heavy atom. The lowest BCUT2D eigenvalue weighted by atomic mass is 10.3. The van der Waals surface area contributed by atoms with Crippen molar-refractivity contribution in [3.8, 4) is 0 Å². The first-order chi connectivity index (χ1) is 4.86. The van der Waals surface area contributed by atoms with Gasteiger partial charge in [0.15, 0.2) is 0 Å². The van der Waals surface area contributed by atoms with Crippen molar-refractivity contribution in [1.29, 1.82) is 0 Å². The van der Waals surface area contributed by atoms with Crippen molar-refractivity contribution < 1.29 is 0 Å². The summed E-state index contributed by atoms with van der Waals surface area (Å²) in [7, 11) is 0. The fourth-order valence-electron chi connectivity index (χ4n) is 0.945. The predicted molar refractivity (Wildman–Crippen MR) is 46.3 cm³/mol. The lowest BCUT2D eigenvalue weighted by molar-refractivity contribution is 1.06. The van der Waals surface area contributed by atoms with Gasteiger partial charge < -0.3 is 0 Å². The van der Waals surface area contributed by atoms with Gasteiger partial charge in [0.1, 0.15) is 6.67 Å². The van der Waals surface area contributed by atoms with E-state index >= 15 is 0 Å². The van der Waals surface area contributed by atoms with E-state index in [9.17, 15) is 0 Å². The van der Waals surface area contributed by atoms with Crippen molar-refractivity contribution >= 4 is 22.6 Å². The van der Waals surface area contributed by atoms with E-state index in [1.54, 1.807) is 0 Å². The molecule has 0 spiro atoms. The second-order valence-electron chi connectivity index (χ2n) is 2.09. The molecule has 0 aromatic heterocycles. The molecule has 0 aliphatic carbocycles. The van der Waals surface area contributed by atoms with Crippen molar-refractivity contribution in [1.82, 2.24) is 0 Å². The molecule has 0 fully saturated rings. The second kappa shape index (κ2) is 2.30. The molecule has 0 atom stereocenters. The number of rotatable bonds is 0. The van der Waals surface area contributed by atoms with Crippen LogP contribution in [0.5, 0.6) is 0 Å². The minimum atomic E-state index is 0.607. The smallest absolute Gasteiger partial charge is 0.130 e. The van der Waals surface area contributed by atoms with Gasteiger partial charge in [-0.25, -0.2) is 0 Å². The number of benzene rings is 1. The topological polar surface area (TPSA) is 24.7 Å². The quantitative estimate of drug-likeness (QED) is 0.594. The highest BCUT2D eigenvalue weighted by molar-refractivity contribution is 14.1. The van der Waals surface area contributed by atoms with E-state index in [2.05, 4.69) is 32.6 Å². The molecule has 0 radical (unpaired) electrons. The standard InChI is InChI=1S/C7H5IN2/c8-5-1-2-6-7(3-5)10-4-9-6/h1-3H,4H2.